The molecule has 1 aliphatic carbocycles. The van der Waals surface area contributed by atoms with Crippen LogP contribution in [0.2, 0.25) is 0 Å². The number of hydrogen-bond acceptors (Lipinski definition) is 6. The maximum atomic E-state index is 14.2. The number of amides is 3. The summed E-state index contributed by atoms with van der Waals surface area (Å²) >= 11 is 0. The Morgan fingerprint density at radius 3 is 2.14 bits per heavy atom. The van der Waals surface area contributed by atoms with Gasteiger partial charge in [0.2, 0.25) is 11.8 Å². The summed E-state index contributed by atoms with van der Waals surface area (Å²) in [7, 11) is 0. The van der Waals surface area contributed by atoms with Gasteiger partial charge in [-0.25, -0.2) is 4.79 Å². The molecule has 4 rings (SSSR count). The Bertz CT molecular complexity index is 1320. The largest absolute Gasteiger partial charge is 0.457 e. The van der Waals surface area contributed by atoms with E-state index in [1.807, 2.05) is 36.4 Å². The number of benzene rings is 2. The maximum absolute atomic E-state index is 14.2. The van der Waals surface area contributed by atoms with E-state index in [2.05, 4.69) is 5.32 Å². The number of esters is 1. The predicted octanol–water partition coefficient (Wildman–Crippen LogP) is 3.87. The minimum Gasteiger partial charge on any atom is -0.457 e. The second-order valence-corrected chi connectivity index (χ2v) is 11.2. The number of hydrogen-bond donors (Lipinski definition) is 1. The highest BCUT2D eigenvalue weighted by Gasteiger charge is 2.43. The van der Waals surface area contributed by atoms with Crippen LogP contribution in [0, 0.1) is 5.92 Å². The normalized spacial score (nSPS) is 18.3. The molecule has 0 bridgehead atoms. The van der Waals surface area contributed by atoms with Crippen molar-refractivity contribution in [1.82, 2.24) is 15.1 Å². The standard InChI is InChI=1S/C33H39N3O6/c1-22(2)42-33(41)31(39)27(19-24-13-7-4-8-14-24)34-29(38)21-36-28(25-15-9-5-10-16-25)20-35(23(3)37)30(32(36)40)26-17-11-6-12-18-26/h4-5,7-10,13-16,20,22,26-27,30H,6,11-12,17-19,21H2,1-3H3,(H,34,38)/t27-,30?/m0/s1. The van der Waals surface area contributed by atoms with Gasteiger partial charge < -0.3 is 15.0 Å². The van der Waals surface area contributed by atoms with Crippen LogP contribution in [0.15, 0.2) is 66.9 Å². The van der Waals surface area contributed by atoms with Gasteiger partial charge in [-0.2, -0.15) is 0 Å². The number of carbonyl (C=O) groups excluding carboxylic acids is 5. The van der Waals surface area contributed by atoms with Crippen LogP contribution in [0.4, 0.5) is 0 Å². The third kappa shape index (κ3) is 7.51. The Hall–Kier alpha value is -4.27. The fourth-order valence-corrected chi connectivity index (χ4v) is 5.70. The zero-order chi connectivity index (χ0) is 30.2. The van der Waals surface area contributed by atoms with Gasteiger partial charge in [0.25, 0.3) is 11.7 Å². The zero-order valence-corrected chi connectivity index (χ0v) is 24.5. The van der Waals surface area contributed by atoms with Crippen LogP contribution in [0.1, 0.15) is 64.0 Å². The van der Waals surface area contributed by atoms with Crippen LogP contribution in [-0.4, -0.2) is 64.0 Å². The molecule has 2 aromatic carbocycles. The van der Waals surface area contributed by atoms with Gasteiger partial charge in [0.05, 0.1) is 11.8 Å². The maximum Gasteiger partial charge on any atom is 0.377 e. The lowest BCUT2D eigenvalue weighted by Gasteiger charge is -2.43. The molecule has 1 unspecified atom stereocenters. The molecular formula is C33H39N3O6. The summed E-state index contributed by atoms with van der Waals surface area (Å²) in [4.78, 5) is 69.1. The summed E-state index contributed by atoms with van der Waals surface area (Å²) in [5.41, 5.74) is 1.84. The summed E-state index contributed by atoms with van der Waals surface area (Å²) in [5, 5.41) is 2.70. The molecular weight excluding hydrogens is 534 g/mol. The molecule has 9 nitrogen and oxygen atoms in total. The van der Waals surface area contributed by atoms with Crippen molar-refractivity contribution in [2.45, 2.75) is 77.5 Å². The quantitative estimate of drug-likeness (QED) is 0.341. The van der Waals surface area contributed by atoms with E-state index in [1.54, 1.807) is 44.3 Å². The van der Waals surface area contributed by atoms with Crippen LogP contribution >= 0.6 is 0 Å². The van der Waals surface area contributed by atoms with Crippen molar-refractivity contribution in [3.8, 4) is 0 Å². The van der Waals surface area contributed by atoms with E-state index in [4.69, 9.17) is 4.74 Å². The summed E-state index contributed by atoms with van der Waals surface area (Å²) in [6.07, 6.45) is 5.93. The van der Waals surface area contributed by atoms with Crippen LogP contribution in [0.25, 0.3) is 5.70 Å². The zero-order valence-electron chi connectivity index (χ0n) is 24.5. The fourth-order valence-electron chi connectivity index (χ4n) is 5.70. The summed E-state index contributed by atoms with van der Waals surface area (Å²) in [6, 6.07) is 16.3. The highest BCUT2D eigenvalue weighted by atomic mass is 16.5. The van der Waals surface area contributed by atoms with Crippen LogP contribution in [0.3, 0.4) is 0 Å². The molecule has 0 saturated heterocycles. The molecule has 3 amide bonds. The first-order valence-electron chi connectivity index (χ1n) is 14.6. The smallest absolute Gasteiger partial charge is 0.377 e. The van der Waals surface area contributed by atoms with Gasteiger partial charge in [0.1, 0.15) is 18.6 Å². The van der Waals surface area contributed by atoms with E-state index in [0.717, 1.165) is 37.7 Å². The average Bonchev–Trinajstić information content (AvgIpc) is 2.98. The number of nitrogens with zero attached hydrogens (tertiary/aromatic N) is 2. The van der Waals surface area contributed by atoms with E-state index in [1.165, 1.54) is 16.7 Å². The fraction of sp³-hybridized carbons (Fsp3) is 0.424. The van der Waals surface area contributed by atoms with Crippen molar-refractivity contribution in [2.75, 3.05) is 6.54 Å². The number of Topliss-reactive ketones (excluding diaryl/α,β-unsaturated/α-hetero) is 1. The van der Waals surface area contributed by atoms with Crippen molar-refractivity contribution in [3.05, 3.63) is 78.0 Å². The van der Waals surface area contributed by atoms with Crippen LogP contribution in [-0.2, 0) is 35.1 Å². The van der Waals surface area contributed by atoms with Gasteiger partial charge in [-0.15, -0.1) is 0 Å². The Morgan fingerprint density at radius 2 is 1.55 bits per heavy atom. The Labute approximate surface area is 246 Å². The molecule has 1 fully saturated rings. The van der Waals surface area contributed by atoms with Gasteiger partial charge in [-0.3, -0.25) is 24.1 Å². The Balaban J connectivity index is 1.64. The second-order valence-electron chi connectivity index (χ2n) is 11.2. The van der Waals surface area contributed by atoms with E-state index in [0.29, 0.717) is 11.3 Å². The molecule has 1 N–H and O–H groups in total. The third-order valence-corrected chi connectivity index (χ3v) is 7.68. The number of carbonyl (C=O) groups is 5. The first kappa shape index (κ1) is 30.7. The SMILES string of the molecule is CC(=O)N1C=C(c2ccccc2)N(CC(=O)N[C@@H](Cc2ccccc2)C(=O)C(=O)OC(C)C)C(=O)C1C1CCCCC1. The lowest BCUT2D eigenvalue weighted by molar-refractivity contribution is -0.157. The summed E-state index contributed by atoms with van der Waals surface area (Å²) < 4.78 is 5.12. The summed E-state index contributed by atoms with van der Waals surface area (Å²) in [5.74, 6) is -3.09. The molecule has 9 heteroatoms. The molecule has 1 heterocycles. The highest BCUT2D eigenvalue weighted by Crippen LogP contribution is 2.35. The molecule has 42 heavy (non-hydrogen) atoms. The van der Waals surface area contributed by atoms with Crippen LogP contribution < -0.4 is 5.32 Å². The van der Waals surface area contributed by atoms with Crippen molar-refractivity contribution >= 4 is 35.2 Å². The Kier molecular flexibility index (Phi) is 10.3. The minimum atomic E-state index is -1.18. The number of ketones is 1. The first-order chi connectivity index (χ1) is 20.2. The second kappa shape index (κ2) is 14.1. The molecule has 2 aliphatic rings. The van der Waals surface area contributed by atoms with E-state index in [-0.39, 0.29) is 30.7 Å². The van der Waals surface area contributed by atoms with E-state index in [9.17, 15) is 24.0 Å². The minimum absolute atomic E-state index is 0.0208. The van der Waals surface area contributed by atoms with Gasteiger partial charge in [0, 0.05) is 19.5 Å². The van der Waals surface area contributed by atoms with Crippen molar-refractivity contribution < 1.29 is 28.7 Å². The molecule has 2 aromatic rings. The van der Waals surface area contributed by atoms with Crippen molar-refractivity contribution in [1.29, 1.82) is 0 Å². The van der Waals surface area contributed by atoms with E-state index >= 15 is 0 Å². The lowest BCUT2D eigenvalue weighted by Crippen LogP contribution is -2.57. The predicted molar refractivity (Wildman–Crippen MR) is 157 cm³/mol. The Morgan fingerprint density at radius 1 is 0.929 bits per heavy atom. The molecule has 222 valence electrons. The van der Waals surface area contributed by atoms with Crippen LogP contribution in [0.5, 0.6) is 0 Å². The molecule has 2 atom stereocenters. The summed E-state index contributed by atoms with van der Waals surface area (Å²) in [6.45, 7) is 4.35. The van der Waals surface area contributed by atoms with Gasteiger partial charge in [0.15, 0.2) is 0 Å². The van der Waals surface area contributed by atoms with Crippen molar-refractivity contribution in [2.24, 2.45) is 5.92 Å². The van der Waals surface area contributed by atoms with Gasteiger partial charge >= 0.3 is 5.97 Å². The number of nitrogens with one attached hydrogen (secondary N) is 1. The van der Waals surface area contributed by atoms with Crippen molar-refractivity contribution in [3.63, 3.8) is 0 Å². The molecule has 1 aliphatic heterocycles. The number of rotatable bonds is 10. The first-order valence-corrected chi connectivity index (χ1v) is 14.6. The van der Waals surface area contributed by atoms with Gasteiger partial charge in [-0.1, -0.05) is 79.9 Å². The topological polar surface area (TPSA) is 113 Å². The monoisotopic (exact) mass is 573 g/mol. The molecule has 0 spiro atoms. The lowest BCUT2D eigenvalue weighted by atomic mass is 9.81. The molecule has 1 saturated carbocycles. The highest BCUT2D eigenvalue weighted by molar-refractivity contribution is 6.36. The third-order valence-electron chi connectivity index (χ3n) is 7.68. The number of ether oxygens (including phenoxy) is 1. The van der Waals surface area contributed by atoms with E-state index < -0.39 is 35.8 Å². The molecule has 0 radical (unpaired) electrons. The molecule has 0 aromatic heterocycles. The average molecular weight is 574 g/mol. The van der Waals surface area contributed by atoms with Gasteiger partial charge in [-0.05, 0) is 43.7 Å².